The van der Waals surface area contributed by atoms with E-state index < -0.39 is 0 Å². The molecule has 2 aliphatic rings. The van der Waals surface area contributed by atoms with Gasteiger partial charge in [0.15, 0.2) is 0 Å². The second-order valence-electron chi connectivity index (χ2n) is 4.91. The van der Waals surface area contributed by atoms with Gasteiger partial charge in [0.2, 0.25) is 0 Å². The van der Waals surface area contributed by atoms with Crippen LogP contribution in [0.4, 0.5) is 0 Å². The summed E-state index contributed by atoms with van der Waals surface area (Å²) >= 11 is 0. The smallest absolute Gasteiger partial charge is 0.0378 e. The minimum atomic E-state index is -0.0721. The third-order valence-corrected chi connectivity index (χ3v) is 3.30. The van der Waals surface area contributed by atoms with Crippen LogP contribution in [0.1, 0.15) is 32.6 Å². The molecule has 2 fully saturated rings. The molecule has 76 valence electrons. The van der Waals surface area contributed by atoms with Gasteiger partial charge < -0.3 is 16.4 Å². The summed E-state index contributed by atoms with van der Waals surface area (Å²) in [5.74, 6) is 0. The molecular formula is C10H21N3. The van der Waals surface area contributed by atoms with Crippen molar-refractivity contribution in [1.82, 2.24) is 10.6 Å². The summed E-state index contributed by atoms with van der Waals surface area (Å²) < 4.78 is 0. The molecule has 0 unspecified atom stereocenters. The maximum absolute atomic E-state index is 6.11. The second kappa shape index (κ2) is 3.56. The van der Waals surface area contributed by atoms with Gasteiger partial charge in [-0.05, 0) is 19.8 Å². The molecule has 0 amide bonds. The third-order valence-electron chi connectivity index (χ3n) is 3.30. The highest BCUT2D eigenvalue weighted by atomic mass is 15.1. The van der Waals surface area contributed by atoms with E-state index in [1.807, 2.05) is 0 Å². The van der Waals surface area contributed by atoms with E-state index in [0.717, 1.165) is 13.1 Å². The predicted molar refractivity (Wildman–Crippen MR) is 54.6 cm³/mol. The van der Waals surface area contributed by atoms with Crippen molar-refractivity contribution in [3.05, 3.63) is 0 Å². The summed E-state index contributed by atoms with van der Waals surface area (Å²) in [5.41, 5.74) is 6.03. The molecule has 2 rings (SSSR count). The quantitative estimate of drug-likeness (QED) is 0.503. The van der Waals surface area contributed by atoms with E-state index in [2.05, 4.69) is 17.6 Å². The van der Waals surface area contributed by atoms with Crippen LogP contribution in [0.25, 0.3) is 0 Å². The summed E-state index contributed by atoms with van der Waals surface area (Å²) in [6.07, 6.45) is 5.37. The maximum atomic E-state index is 6.11. The molecule has 2 atom stereocenters. The van der Waals surface area contributed by atoms with Crippen LogP contribution in [0.3, 0.4) is 0 Å². The van der Waals surface area contributed by atoms with Crippen LogP contribution in [-0.4, -0.2) is 30.7 Å². The lowest BCUT2D eigenvalue weighted by atomic mass is 9.91. The Morgan fingerprint density at radius 1 is 1.08 bits per heavy atom. The van der Waals surface area contributed by atoms with E-state index in [1.165, 1.54) is 25.7 Å². The minimum Gasteiger partial charge on any atom is -0.323 e. The van der Waals surface area contributed by atoms with Crippen molar-refractivity contribution in [1.29, 1.82) is 0 Å². The monoisotopic (exact) mass is 183 g/mol. The van der Waals surface area contributed by atoms with Gasteiger partial charge in [0.25, 0.3) is 0 Å². The van der Waals surface area contributed by atoms with Gasteiger partial charge in [-0.2, -0.15) is 0 Å². The fourth-order valence-electron chi connectivity index (χ4n) is 2.41. The van der Waals surface area contributed by atoms with Crippen LogP contribution in [0, 0.1) is 0 Å². The minimum absolute atomic E-state index is 0.0721. The first-order chi connectivity index (χ1) is 6.17. The van der Waals surface area contributed by atoms with E-state index in [9.17, 15) is 0 Å². The van der Waals surface area contributed by atoms with Crippen LogP contribution in [-0.2, 0) is 0 Å². The molecule has 0 aromatic rings. The van der Waals surface area contributed by atoms with Crippen molar-refractivity contribution >= 4 is 0 Å². The topological polar surface area (TPSA) is 50.1 Å². The number of fused-ring (bicyclic) bond motifs is 1. The lowest BCUT2D eigenvalue weighted by molar-refractivity contribution is 0.309. The van der Waals surface area contributed by atoms with Gasteiger partial charge in [-0.15, -0.1) is 0 Å². The van der Waals surface area contributed by atoms with Crippen LogP contribution in [0.5, 0.6) is 0 Å². The zero-order valence-electron chi connectivity index (χ0n) is 8.47. The largest absolute Gasteiger partial charge is 0.323 e. The normalized spacial score (nSPS) is 39.2. The number of rotatable bonds is 0. The Morgan fingerprint density at radius 3 is 2.00 bits per heavy atom. The van der Waals surface area contributed by atoms with Gasteiger partial charge in [-0.1, -0.05) is 12.8 Å². The molecule has 0 aromatic heterocycles. The molecule has 3 heteroatoms. The number of nitrogens with two attached hydrogens (primary N) is 1. The van der Waals surface area contributed by atoms with Crippen molar-refractivity contribution in [3.8, 4) is 0 Å². The molecule has 13 heavy (non-hydrogen) atoms. The van der Waals surface area contributed by atoms with E-state index in [0.29, 0.717) is 12.1 Å². The Balaban J connectivity index is 1.99. The van der Waals surface area contributed by atoms with Gasteiger partial charge in [-0.3, -0.25) is 0 Å². The first kappa shape index (κ1) is 9.44. The molecule has 3 nitrogen and oxygen atoms in total. The summed E-state index contributed by atoms with van der Waals surface area (Å²) in [4.78, 5) is 0. The molecule has 1 saturated heterocycles. The van der Waals surface area contributed by atoms with Gasteiger partial charge in [0.1, 0.15) is 0 Å². The van der Waals surface area contributed by atoms with Crippen LogP contribution < -0.4 is 16.4 Å². The number of hydrogen-bond donors (Lipinski definition) is 3. The summed E-state index contributed by atoms with van der Waals surface area (Å²) in [6.45, 7) is 4.01. The van der Waals surface area contributed by atoms with E-state index in [1.54, 1.807) is 0 Å². The first-order valence-corrected chi connectivity index (χ1v) is 5.43. The highest BCUT2D eigenvalue weighted by molar-refractivity contribution is 4.96. The Hall–Kier alpha value is -0.120. The number of hydrogen-bond acceptors (Lipinski definition) is 3. The molecule has 0 radical (unpaired) electrons. The zero-order chi connectivity index (χ0) is 9.31. The van der Waals surface area contributed by atoms with Crippen LogP contribution in [0.15, 0.2) is 0 Å². The SMILES string of the molecule is CC1(N)CN[C@@H]2CCCC[C@H]2NC1. The maximum Gasteiger partial charge on any atom is 0.0378 e. The molecule has 4 N–H and O–H groups in total. The summed E-state index contributed by atoms with van der Waals surface area (Å²) in [5, 5.41) is 7.17. The summed E-state index contributed by atoms with van der Waals surface area (Å²) in [7, 11) is 0. The lowest BCUT2D eigenvalue weighted by Gasteiger charge is -2.30. The second-order valence-corrected chi connectivity index (χ2v) is 4.91. The molecule has 0 spiro atoms. The lowest BCUT2D eigenvalue weighted by Crippen LogP contribution is -2.50. The van der Waals surface area contributed by atoms with E-state index in [4.69, 9.17) is 5.73 Å². The molecule has 1 aliphatic heterocycles. The standard InChI is InChI=1S/C10H21N3/c1-10(11)6-12-8-4-2-3-5-9(8)13-7-10/h8-9,12-13H,2-7,11H2,1H3/t8-,9-/m1/s1. The highest BCUT2D eigenvalue weighted by Gasteiger charge is 2.31. The molecule has 1 heterocycles. The molecule has 0 bridgehead atoms. The Morgan fingerprint density at radius 2 is 1.54 bits per heavy atom. The van der Waals surface area contributed by atoms with E-state index in [-0.39, 0.29) is 5.54 Å². The molecule has 1 saturated carbocycles. The fourth-order valence-corrected chi connectivity index (χ4v) is 2.41. The Bertz CT molecular complexity index is 161. The highest BCUT2D eigenvalue weighted by Crippen LogP contribution is 2.20. The van der Waals surface area contributed by atoms with Crippen molar-refractivity contribution in [2.24, 2.45) is 5.73 Å². The predicted octanol–water partition coefficient (Wildman–Crippen LogP) is 0.208. The average Bonchev–Trinajstić information content (AvgIpc) is 2.27. The molecular weight excluding hydrogens is 162 g/mol. The van der Waals surface area contributed by atoms with Crippen molar-refractivity contribution in [2.75, 3.05) is 13.1 Å². The number of nitrogens with one attached hydrogen (secondary N) is 2. The van der Waals surface area contributed by atoms with Crippen LogP contribution in [0.2, 0.25) is 0 Å². The van der Waals surface area contributed by atoms with Gasteiger partial charge >= 0.3 is 0 Å². The van der Waals surface area contributed by atoms with Crippen molar-refractivity contribution in [2.45, 2.75) is 50.2 Å². The third kappa shape index (κ3) is 2.22. The fraction of sp³-hybridized carbons (Fsp3) is 1.00. The molecule has 1 aliphatic carbocycles. The Kier molecular flexibility index (Phi) is 2.58. The van der Waals surface area contributed by atoms with Crippen molar-refractivity contribution < 1.29 is 0 Å². The van der Waals surface area contributed by atoms with Crippen molar-refractivity contribution in [3.63, 3.8) is 0 Å². The molecule has 0 aromatic carbocycles. The van der Waals surface area contributed by atoms with E-state index >= 15 is 0 Å². The van der Waals surface area contributed by atoms with Gasteiger partial charge in [0, 0.05) is 30.7 Å². The zero-order valence-corrected chi connectivity index (χ0v) is 8.47. The summed E-state index contributed by atoms with van der Waals surface area (Å²) in [6, 6.07) is 1.33. The Labute approximate surface area is 80.5 Å². The first-order valence-electron chi connectivity index (χ1n) is 5.43. The average molecular weight is 183 g/mol. The van der Waals surface area contributed by atoms with Gasteiger partial charge in [-0.25, -0.2) is 0 Å². The van der Waals surface area contributed by atoms with Crippen LogP contribution >= 0.6 is 0 Å². The van der Waals surface area contributed by atoms with Gasteiger partial charge in [0.05, 0.1) is 0 Å².